The van der Waals surface area contributed by atoms with E-state index in [2.05, 4.69) is 32.2 Å². The van der Waals surface area contributed by atoms with Crippen molar-refractivity contribution in [3.63, 3.8) is 0 Å². The van der Waals surface area contributed by atoms with Crippen LogP contribution in [-0.2, 0) is 6.54 Å². The molecule has 1 aromatic carbocycles. The van der Waals surface area contributed by atoms with E-state index in [1.165, 1.54) is 31.5 Å². The highest BCUT2D eigenvalue weighted by Gasteiger charge is 2.19. The fourth-order valence-electron chi connectivity index (χ4n) is 2.75. The Balaban J connectivity index is 0.00000200. The number of benzene rings is 1. The molecule has 0 spiro atoms. The van der Waals surface area contributed by atoms with Crippen molar-refractivity contribution in [2.75, 3.05) is 33.8 Å². The van der Waals surface area contributed by atoms with Crippen LogP contribution in [0.5, 0.6) is 5.75 Å². The summed E-state index contributed by atoms with van der Waals surface area (Å²) in [7, 11) is 3.78. The van der Waals surface area contributed by atoms with E-state index in [-0.39, 0.29) is 12.4 Å². The summed E-state index contributed by atoms with van der Waals surface area (Å²) in [5.41, 5.74) is 1.27. The normalized spacial score (nSPS) is 16.8. The van der Waals surface area contributed by atoms with Crippen molar-refractivity contribution in [2.45, 2.75) is 19.4 Å². The van der Waals surface area contributed by atoms with E-state index in [0.29, 0.717) is 0 Å². The first kappa shape index (κ1) is 17.8. The first-order valence-electron chi connectivity index (χ1n) is 6.92. The van der Waals surface area contributed by atoms with E-state index in [4.69, 9.17) is 4.74 Å². The Kier molecular flexibility index (Phi) is 7.88. The van der Waals surface area contributed by atoms with Crippen LogP contribution < -0.4 is 10.1 Å². The molecule has 5 heteroatoms. The molecule has 0 atom stereocenters. The Morgan fingerprint density at radius 3 is 2.65 bits per heavy atom. The van der Waals surface area contributed by atoms with Crippen LogP contribution in [0.15, 0.2) is 22.7 Å². The van der Waals surface area contributed by atoms with Crippen LogP contribution in [-0.4, -0.2) is 38.7 Å². The molecule has 0 radical (unpaired) electrons. The van der Waals surface area contributed by atoms with E-state index in [0.717, 1.165) is 29.2 Å². The molecule has 3 nitrogen and oxygen atoms in total. The number of halogens is 2. The number of nitrogens with one attached hydrogen (secondary N) is 1. The summed E-state index contributed by atoms with van der Waals surface area (Å²) in [6.45, 7) is 4.49. The van der Waals surface area contributed by atoms with E-state index >= 15 is 0 Å². The number of hydrogen-bond donors (Lipinski definition) is 1. The van der Waals surface area contributed by atoms with Crippen LogP contribution in [0, 0.1) is 5.92 Å². The molecule has 1 saturated heterocycles. The second kappa shape index (κ2) is 8.88. The van der Waals surface area contributed by atoms with Gasteiger partial charge < -0.3 is 10.1 Å². The second-order valence-corrected chi connectivity index (χ2v) is 6.15. The molecule has 1 aliphatic rings. The maximum atomic E-state index is 5.44. The highest BCUT2D eigenvalue weighted by atomic mass is 79.9. The molecular formula is C15H24BrClN2O. The van der Waals surface area contributed by atoms with Crippen molar-refractivity contribution in [3.8, 4) is 5.75 Å². The molecule has 1 heterocycles. The highest BCUT2D eigenvalue weighted by Crippen LogP contribution is 2.26. The van der Waals surface area contributed by atoms with Gasteiger partial charge in [-0.2, -0.15) is 0 Å². The minimum Gasteiger partial charge on any atom is -0.496 e. The van der Waals surface area contributed by atoms with Gasteiger partial charge in [0, 0.05) is 16.6 Å². The van der Waals surface area contributed by atoms with Gasteiger partial charge in [0.1, 0.15) is 5.75 Å². The molecule has 0 amide bonds. The van der Waals surface area contributed by atoms with Gasteiger partial charge in [-0.05, 0) is 63.6 Å². The standard InChI is InChI=1S/C15H23BrN2O.ClH/c1-17-10-12-5-7-18(8-6-12)11-13-9-14(16)3-4-15(13)19-2;/h3-4,9,12,17H,5-8,10-11H2,1-2H3;1H. The minimum absolute atomic E-state index is 0. The lowest BCUT2D eigenvalue weighted by atomic mass is 9.96. The van der Waals surface area contributed by atoms with Crippen LogP contribution >= 0.6 is 28.3 Å². The summed E-state index contributed by atoms with van der Waals surface area (Å²) in [4.78, 5) is 2.52. The van der Waals surface area contributed by atoms with E-state index in [1.807, 2.05) is 19.2 Å². The molecule has 2 rings (SSSR count). The molecule has 1 fully saturated rings. The molecule has 0 unspecified atom stereocenters. The Labute approximate surface area is 136 Å². The topological polar surface area (TPSA) is 24.5 Å². The third-order valence-electron chi connectivity index (χ3n) is 3.84. The average molecular weight is 364 g/mol. The fraction of sp³-hybridized carbons (Fsp3) is 0.600. The van der Waals surface area contributed by atoms with Gasteiger partial charge in [-0.1, -0.05) is 15.9 Å². The average Bonchev–Trinajstić information content (AvgIpc) is 2.42. The third-order valence-corrected chi connectivity index (χ3v) is 4.33. The predicted octanol–water partition coefficient (Wildman–Crippen LogP) is 3.31. The fourth-order valence-corrected chi connectivity index (χ4v) is 3.16. The molecule has 1 N–H and O–H groups in total. The monoisotopic (exact) mass is 362 g/mol. The van der Waals surface area contributed by atoms with Gasteiger partial charge in [-0.3, -0.25) is 4.90 Å². The minimum atomic E-state index is 0. The lowest BCUT2D eigenvalue weighted by molar-refractivity contribution is 0.175. The smallest absolute Gasteiger partial charge is 0.123 e. The number of methoxy groups -OCH3 is 1. The van der Waals surface area contributed by atoms with Crippen molar-refractivity contribution in [1.29, 1.82) is 0 Å². The van der Waals surface area contributed by atoms with Crippen LogP contribution in [0.1, 0.15) is 18.4 Å². The first-order chi connectivity index (χ1) is 9.22. The van der Waals surface area contributed by atoms with E-state index in [9.17, 15) is 0 Å². The quantitative estimate of drug-likeness (QED) is 0.868. The lowest BCUT2D eigenvalue weighted by Crippen LogP contribution is -2.36. The Morgan fingerprint density at radius 1 is 1.35 bits per heavy atom. The van der Waals surface area contributed by atoms with Crippen molar-refractivity contribution in [3.05, 3.63) is 28.2 Å². The molecular weight excluding hydrogens is 340 g/mol. The van der Waals surface area contributed by atoms with Crippen LogP contribution in [0.4, 0.5) is 0 Å². The third kappa shape index (κ3) is 4.92. The zero-order chi connectivity index (χ0) is 13.7. The first-order valence-corrected chi connectivity index (χ1v) is 7.71. The number of piperidine rings is 1. The number of ether oxygens (including phenoxy) is 1. The lowest BCUT2D eigenvalue weighted by Gasteiger charge is -2.32. The summed E-state index contributed by atoms with van der Waals surface area (Å²) in [5, 5.41) is 3.28. The maximum absolute atomic E-state index is 5.44. The van der Waals surface area contributed by atoms with Crippen molar-refractivity contribution in [2.24, 2.45) is 5.92 Å². The molecule has 0 aromatic heterocycles. The van der Waals surface area contributed by atoms with Gasteiger partial charge in [0.15, 0.2) is 0 Å². The summed E-state index contributed by atoms with van der Waals surface area (Å²) in [6, 6.07) is 6.23. The number of rotatable bonds is 5. The summed E-state index contributed by atoms with van der Waals surface area (Å²) in [5.74, 6) is 1.83. The van der Waals surface area contributed by atoms with Crippen molar-refractivity contribution < 1.29 is 4.74 Å². The number of hydrogen-bond acceptors (Lipinski definition) is 3. The summed E-state index contributed by atoms with van der Waals surface area (Å²) < 4.78 is 6.56. The van der Waals surface area contributed by atoms with Crippen LogP contribution in [0.2, 0.25) is 0 Å². The SMILES string of the molecule is CNCC1CCN(Cc2cc(Br)ccc2OC)CC1.Cl. The van der Waals surface area contributed by atoms with E-state index < -0.39 is 0 Å². The van der Waals surface area contributed by atoms with Crippen LogP contribution in [0.25, 0.3) is 0 Å². The van der Waals surface area contributed by atoms with Crippen LogP contribution in [0.3, 0.4) is 0 Å². The molecule has 1 aromatic rings. The maximum Gasteiger partial charge on any atom is 0.123 e. The molecule has 0 bridgehead atoms. The molecule has 0 saturated carbocycles. The molecule has 114 valence electrons. The Morgan fingerprint density at radius 2 is 2.05 bits per heavy atom. The predicted molar refractivity (Wildman–Crippen MR) is 89.9 cm³/mol. The number of nitrogens with zero attached hydrogens (tertiary/aromatic N) is 1. The highest BCUT2D eigenvalue weighted by molar-refractivity contribution is 9.10. The number of likely N-dealkylation sites (tertiary alicyclic amines) is 1. The Bertz CT molecular complexity index is 409. The summed E-state index contributed by atoms with van der Waals surface area (Å²) >= 11 is 3.54. The van der Waals surface area contributed by atoms with Gasteiger partial charge >= 0.3 is 0 Å². The summed E-state index contributed by atoms with van der Waals surface area (Å²) in [6.07, 6.45) is 2.58. The van der Waals surface area contributed by atoms with Gasteiger partial charge in [-0.25, -0.2) is 0 Å². The van der Waals surface area contributed by atoms with Gasteiger partial charge in [0.25, 0.3) is 0 Å². The molecule has 0 aliphatic carbocycles. The Hall–Kier alpha value is -0.290. The largest absolute Gasteiger partial charge is 0.496 e. The van der Waals surface area contributed by atoms with Crippen molar-refractivity contribution >= 4 is 28.3 Å². The molecule has 1 aliphatic heterocycles. The van der Waals surface area contributed by atoms with Gasteiger partial charge in [-0.15, -0.1) is 12.4 Å². The van der Waals surface area contributed by atoms with Gasteiger partial charge in [0.2, 0.25) is 0 Å². The molecule has 20 heavy (non-hydrogen) atoms. The zero-order valence-electron chi connectivity index (χ0n) is 12.2. The van der Waals surface area contributed by atoms with E-state index in [1.54, 1.807) is 7.11 Å². The van der Waals surface area contributed by atoms with Crippen molar-refractivity contribution in [1.82, 2.24) is 10.2 Å². The zero-order valence-corrected chi connectivity index (χ0v) is 14.6. The second-order valence-electron chi connectivity index (χ2n) is 5.23. The van der Waals surface area contributed by atoms with Gasteiger partial charge in [0.05, 0.1) is 7.11 Å².